The number of nitrogens with one attached hydrogen (secondary N) is 2. The first kappa shape index (κ1) is 23.1. The van der Waals surface area contributed by atoms with E-state index in [4.69, 9.17) is 9.47 Å². The molecule has 3 aromatic rings. The summed E-state index contributed by atoms with van der Waals surface area (Å²) in [6.45, 7) is 0.564. The Kier molecular flexibility index (Phi) is 7.15. The quantitative estimate of drug-likeness (QED) is 0.465. The lowest BCUT2D eigenvalue weighted by Crippen LogP contribution is -2.33. The van der Waals surface area contributed by atoms with E-state index in [1.807, 2.05) is 42.5 Å². The average molecular weight is 469 g/mol. The summed E-state index contributed by atoms with van der Waals surface area (Å²) in [6.07, 6.45) is 3.65. The zero-order valence-electron chi connectivity index (χ0n) is 18.5. The first-order chi connectivity index (χ1) is 16.0. The molecule has 2 N–H and O–H groups in total. The van der Waals surface area contributed by atoms with Gasteiger partial charge >= 0.3 is 0 Å². The van der Waals surface area contributed by atoms with E-state index in [9.17, 15) is 13.2 Å². The van der Waals surface area contributed by atoms with Crippen LogP contribution in [0.15, 0.2) is 65.6 Å². The van der Waals surface area contributed by atoms with Crippen molar-refractivity contribution in [1.29, 1.82) is 0 Å². The first-order valence-electron chi connectivity index (χ1n) is 11.1. The van der Waals surface area contributed by atoms with Gasteiger partial charge in [0.1, 0.15) is 23.0 Å². The van der Waals surface area contributed by atoms with Crippen LogP contribution in [-0.4, -0.2) is 40.6 Å². The summed E-state index contributed by atoms with van der Waals surface area (Å²) in [5.41, 5.74) is 0.244. The minimum atomic E-state index is -3.80. The highest BCUT2D eigenvalue weighted by molar-refractivity contribution is 7.89. The van der Waals surface area contributed by atoms with Crippen LogP contribution in [0.2, 0.25) is 0 Å². The van der Waals surface area contributed by atoms with Crippen LogP contribution in [0.1, 0.15) is 36.0 Å². The number of hydrogen-bond acceptors (Lipinski definition) is 5. The van der Waals surface area contributed by atoms with Crippen molar-refractivity contribution in [1.82, 2.24) is 10.0 Å². The van der Waals surface area contributed by atoms with Gasteiger partial charge in [0.25, 0.3) is 5.91 Å². The standard InChI is InChI=1S/C25H28N2O5S/c1-31-23-13-11-20(17-24(23)33(29,30)27-21-8-4-5-9-21)25(28)26-14-15-32-22-12-10-18-6-2-3-7-19(18)16-22/h2-3,6-7,10-13,16-17,21,27H,4-5,8-9,14-15H2,1H3,(H,26,28). The van der Waals surface area contributed by atoms with E-state index in [1.54, 1.807) is 6.07 Å². The van der Waals surface area contributed by atoms with Crippen molar-refractivity contribution in [3.05, 3.63) is 66.2 Å². The molecule has 8 heteroatoms. The molecule has 0 atom stereocenters. The lowest BCUT2D eigenvalue weighted by Gasteiger charge is -2.16. The maximum absolute atomic E-state index is 12.9. The highest BCUT2D eigenvalue weighted by atomic mass is 32.2. The van der Waals surface area contributed by atoms with Gasteiger partial charge in [0.05, 0.1) is 13.7 Å². The Balaban J connectivity index is 1.37. The highest BCUT2D eigenvalue weighted by Gasteiger charge is 2.26. The van der Waals surface area contributed by atoms with Crippen molar-refractivity contribution in [2.45, 2.75) is 36.6 Å². The Morgan fingerprint density at radius 2 is 1.76 bits per heavy atom. The van der Waals surface area contributed by atoms with Crippen LogP contribution in [0.3, 0.4) is 0 Å². The van der Waals surface area contributed by atoms with Crippen LogP contribution in [0.4, 0.5) is 0 Å². The number of fused-ring (bicyclic) bond motifs is 1. The van der Waals surface area contributed by atoms with Gasteiger partial charge < -0.3 is 14.8 Å². The van der Waals surface area contributed by atoms with Crippen LogP contribution < -0.4 is 19.5 Å². The molecule has 0 unspecified atom stereocenters. The second-order valence-electron chi connectivity index (χ2n) is 8.08. The molecule has 33 heavy (non-hydrogen) atoms. The molecule has 1 fully saturated rings. The van der Waals surface area contributed by atoms with Crippen molar-refractivity contribution in [3.8, 4) is 11.5 Å². The van der Waals surface area contributed by atoms with Gasteiger partial charge in [-0.3, -0.25) is 4.79 Å². The molecule has 3 aromatic carbocycles. The van der Waals surface area contributed by atoms with Gasteiger partial charge in [-0.2, -0.15) is 0 Å². The number of rotatable bonds is 9. The zero-order valence-corrected chi connectivity index (χ0v) is 19.4. The molecule has 4 rings (SSSR count). The second-order valence-corrected chi connectivity index (χ2v) is 9.76. The van der Waals surface area contributed by atoms with Gasteiger partial charge in [-0.25, -0.2) is 13.1 Å². The summed E-state index contributed by atoms with van der Waals surface area (Å²) in [5, 5.41) is 4.99. The predicted molar refractivity (Wildman–Crippen MR) is 127 cm³/mol. The third-order valence-electron chi connectivity index (χ3n) is 5.77. The van der Waals surface area contributed by atoms with Gasteiger partial charge in [0.2, 0.25) is 10.0 Å². The monoisotopic (exact) mass is 468 g/mol. The van der Waals surface area contributed by atoms with Crippen LogP contribution in [0.25, 0.3) is 10.8 Å². The summed E-state index contributed by atoms with van der Waals surface area (Å²) < 4.78 is 39.5. The third-order valence-corrected chi connectivity index (χ3v) is 7.31. The van der Waals surface area contributed by atoms with Crippen molar-refractivity contribution < 1.29 is 22.7 Å². The summed E-state index contributed by atoms with van der Waals surface area (Å²) in [6, 6.07) is 18.2. The second kappa shape index (κ2) is 10.2. The molecular formula is C25H28N2O5S. The predicted octanol–water partition coefficient (Wildman–Crippen LogP) is 3.88. The Bertz CT molecular complexity index is 1240. The molecular weight excluding hydrogens is 440 g/mol. The maximum Gasteiger partial charge on any atom is 0.251 e. The summed E-state index contributed by atoms with van der Waals surface area (Å²) in [4.78, 5) is 12.6. The van der Waals surface area contributed by atoms with E-state index in [-0.39, 0.29) is 41.3 Å². The van der Waals surface area contributed by atoms with Crippen LogP contribution in [-0.2, 0) is 10.0 Å². The summed E-state index contributed by atoms with van der Waals surface area (Å²) in [7, 11) is -2.39. The molecule has 0 saturated heterocycles. The molecule has 0 spiro atoms. The molecule has 174 valence electrons. The molecule has 0 heterocycles. The Hall–Kier alpha value is -3.10. The molecule has 1 amide bonds. The largest absolute Gasteiger partial charge is 0.495 e. The molecule has 1 aliphatic rings. The minimum Gasteiger partial charge on any atom is -0.495 e. The van der Waals surface area contributed by atoms with Crippen LogP contribution in [0.5, 0.6) is 11.5 Å². The summed E-state index contributed by atoms with van der Waals surface area (Å²) >= 11 is 0. The van der Waals surface area contributed by atoms with E-state index >= 15 is 0 Å². The van der Waals surface area contributed by atoms with Gasteiger partial charge in [-0.1, -0.05) is 43.2 Å². The fraction of sp³-hybridized carbons (Fsp3) is 0.320. The minimum absolute atomic E-state index is 0.0306. The van der Waals surface area contributed by atoms with E-state index in [2.05, 4.69) is 10.0 Å². The number of amides is 1. The highest BCUT2D eigenvalue weighted by Crippen LogP contribution is 2.27. The van der Waals surface area contributed by atoms with Gasteiger partial charge in [0.15, 0.2) is 0 Å². The summed E-state index contributed by atoms with van der Waals surface area (Å²) in [5.74, 6) is 0.549. The van der Waals surface area contributed by atoms with Crippen molar-refractivity contribution in [2.75, 3.05) is 20.3 Å². The van der Waals surface area contributed by atoms with Crippen molar-refractivity contribution in [3.63, 3.8) is 0 Å². The van der Waals surface area contributed by atoms with E-state index in [0.29, 0.717) is 0 Å². The van der Waals surface area contributed by atoms with E-state index < -0.39 is 10.0 Å². The first-order valence-corrected chi connectivity index (χ1v) is 12.5. The zero-order chi connectivity index (χ0) is 23.3. The van der Waals surface area contributed by atoms with Crippen molar-refractivity contribution >= 4 is 26.7 Å². The number of ether oxygens (including phenoxy) is 2. The molecule has 0 bridgehead atoms. The fourth-order valence-electron chi connectivity index (χ4n) is 4.05. The van der Waals surface area contributed by atoms with Gasteiger partial charge in [0, 0.05) is 11.6 Å². The van der Waals surface area contributed by atoms with Gasteiger partial charge in [-0.05, 0) is 53.9 Å². The van der Waals surface area contributed by atoms with Crippen molar-refractivity contribution in [2.24, 2.45) is 0 Å². The number of hydrogen-bond donors (Lipinski definition) is 2. The SMILES string of the molecule is COc1ccc(C(=O)NCCOc2ccc3ccccc3c2)cc1S(=O)(=O)NC1CCCC1. The molecule has 1 saturated carbocycles. The number of carbonyl (C=O) groups excluding carboxylic acids is 1. The Labute approximate surface area is 194 Å². The van der Waals surface area contributed by atoms with E-state index in [0.717, 1.165) is 42.2 Å². The third kappa shape index (κ3) is 5.64. The fourth-order valence-corrected chi connectivity index (χ4v) is 5.55. The van der Waals surface area contributed by atoms with Crippen LogP contribution >= 0.6 is 0 Å². The van der Waals surface area contributed by atoms with Crippen LogP contribution in [0, 0.1) is 0 Å². The smallest absolute Gasteiger partial charge is 0.251 e. The maximum atomic E-state index is 12.9. The normalized spacial score (nSPS) is 14.3. The number of carbonyl (C=O) groups is 1. The lowest BCUT2D eigenvalue weighted by molar-refractivity contribution is 0.0946. The lowest BCUT2D eigenvalue weighted by atomic mass is 10.1. The molecule has 1 aliphatic carbocycles. The number of sulfonamides is 1. The molecule has 0 radical (unpaired) electrons. The Morgan fingerprint density at radius 1 is 1.00 bits per heavy atom. The number of methoxy groups -OCH3 is 1. The van der Waals surface area contributed by atoms with E-state index in [1.165, 1.54) is 19.2 Å². The van der Waals surface area contributed by atoms with Gasteiger partial charge in [-0.15, -0.1) is 0 Å². The number of benzene rings is 3. The molecule has 0 aliphatic heterocycles. The Morgan fingerprint density at radius 3 is 2.52 bits per heavy atom. The topological polar surface area (TPSA) is 93.7 Å². The molecule has 0 aromatic heterocycles. The average Bonchev–Trinajstić information content (AvgIpc) is 3.33. The molecule has 7 nitrogen and oxygen atoms in total.